The van der Waals surface area contributed by atoms with Gasteiger partial charge in [0.05, 0.1) is 19.0 Å². The Bertz CT molecular complexity index is 777. The number of aromatic nitrogens is 3. The summed E-state index contributed by atoms with van der Waals surface area (Å²) in [6, 6.07) is 3.30. The van der Waals surface area contributed by atoms with Gasteiger partial charge in [-0.05, 0) is 19.4 Å². The molecule has 0 aliphatic rings. The van der Waals surface area contributed by atoms with Crippen LogP contribution < -0.4 is 21.3 Å². The predicted molar refractivity (Wildman–Crippen MR) is 80.2 cm³/mol. The second kappa shape index (κ2) is 6.70. The average Bonchev–Trinajstić information content (AvgIpc) is 2.47. The van der Waals surface area contributed by atoms with Crippen LogP contribution in [0.25, 0.3) is 0 Å². The Kier molecular flexibility index (Phi) is 4.72. The summed E-state index contributed by atoms with van der Waals surface area (Å²) in [5.41, 5.74) is 0.369. The van der Waals surface area contributed by atoms with Gasteiger partial charge in [0.1, 0.15) is 0 Å². The van der Waals surface area contributed by atoms with E-state index in [1.54, 1.807) is 19.1 Å². The number of anilines is 1. The first-order valence-corrected chi connectivity index (χ1v) is 6.61. The first-order valence-electron chi connectivity index (χ1n) is 6.61. The van der Waals surface area contributed by atoms with Gasteiger partial charge in [-0.25, -0.2) is 9.78 Å². The summed E-state index contributed by atoms with van der Waals surface area (Å²) >= 11 is 0. The molecule has 22 heavy (non-hydrogen) atoms. The molecular formula is C14H16N4O4. The van der Waals surface area contributed by atoms with Gasteiger partial charge in [-0.2, -0.15) is 0 Å². The van der Waals surface area contributed by atoms with Crippen LogP contribution in [-0.4, -0.2) is 28.0 Å². The lowest BCUT2D eigenvalue weighted by Gasteiger charge is -2.06. The van der Waals surface area contributed by atoms with Crippen molar-refractivity contribution in [1.82, 2.24) is 15.0 Å². The van der Waals surface area contributed by atoms with E-state index in [9.17, 15) is 14.4 Å². The summed E-state index contributed by atoms with van der Waals surface area (Å²) in [6.45, 7) is 1.62. The molecule has 0 fully saturated rings. The summed E-state index contributed by atoms with van der Waals surface area (Å²) in [5, 5.41) is 2.67. The number of nitrogens with one attached hydrogen (secondary N) is 3. The fourth-order valence-electron chi connectivity index (χ4n) is 1.96. The molecule has 0 unspecified atom stereocenters. The normalized spacial score (nSPS) is 10.3. The van der Waals surface area contributed by atoms with Crippen LogP contribution >= 0.6 is 0 Å². The third kappa shape index (κ3) is 3.81. The fraction of sp³-hybridized carbons (Fsp3) is 0.286. The monoisotopic (exact) mass is 304 g/mol. The molecule has 8 heteroatoms. The van der Waals surface area contributed by atoms with E-state index in [4.69, 9.17) is 4.74 Å². The number of methoxy groups -OCH3 is 1. The molecule has 2 rings (SSSR count). The van der Waals surface area contributed by atoms with Crippen LogP contribution in [0.4, 0.5) is 5.69 Å². The van der Waals surface area contributed by atoms with Crippen LogP contribution in [0, 0.1) is 6.92 Å². The lowest BCUT2D eigenvalue weighted by atomic mass is 10.1. The Labute approximate surface area is 125 Å². The van der Waals surface area contributed by atoms with Crippen molar-refractivity contribution in [2.45, 2.75) is 19.8 Å². The molecule has 2 heterocycles. The minimum absolute atomic E-state index is 0.113. The molecule has 1 amide bonds. The maximum Gasteiger partial charge on any atom is 0.325 e. The summed E-state index contributed by atoms with van der Waals surface area (Å²) in [7, 11) is 1.50. The lowest BCUT2D eigenvalue weighted by Crippen LogP contribution is -2.27. The number of ether oxygens (including phenoxy) is 1. The number of carbonyl (C=O) groups excluding carboxylic acids is 1. The molecule has 0 aliphatic heterocycles. The molecule has 0 aromatic carbocycles. The van der Waals surface area contributed by atoms with E-state index in [-0.39, 0.29) is 18.7 Å². The van der Waals surface area contributed by atoms with Crippen molar-refractivity contribution in [3.05, 3.63) is 50.4 Å². The second-order valence-electron chi connectivity index (χ2n) is 4.65. The highest BCUT2D eigenvalue weighted by atomic mass is 16.5. The van der Waals surface area contributed by atoms with E-state index in [0.29, 0.717) is 22.8 Å². The average molecular weight is 304 g/mol. The Morgan fingerprint density at radius 3 is 2.68 bits per heavy atom. The predicted octanol–water partition coefficient (Wildman–Crippen LogP) is 0.347. The summed E-state index contributed by atoms with van der Waals surface area (Å²) in [5.74, 6) is 0.199. The highest BCUT2D eigenvalue weighted by Crippen LogP contribution is 2.11. The maximum absolute atomic E-state index is 11.9. The SMILES string of the molecule is COc1ccc(NC(=O)CCc2c(C)[nH]c(=O)[nH]c2=O)cn1. The van der Waals surface area contributed by atoms with Gasteiger partial charge >= 0.3 is 5.69 Å². The largest absolute Gasteiger partial charge is 0.481 e. The van der Waals surface area contributed by atoms with Crippen molar-refractivity contribution in [3.63, 3.8) is 0 Å². The van der Waals surface area contributed by atoms with E-state index in [0.717, 1.165) is 0 Å². The van der Waals surface area contributed by atoms with Gasteiger partial charge in [0.2, 0.25) is 11.8 Å². The summed E-state index contributed by atoms with van der Waals surface area (Å²) in [4.78, 5) is 43.3. The zero-order valence-corrected chi connectivity index (χ0v) is 12.2. The Hall–Kier alpha value is -2.90. The number of nitrogens with zero attached hydrogens (tertiary/aromatic N) is 1. The highest BCUT2D eigenvalue weighted by Gasteiger charge is 2.09. The summed E-state index contributed by atoms with van der Waals surface area (Å²) in [6.07, 6.45) is 1.82. The van der Waals surface area contributed by atoms with Crippen LogP contribution in [0.1, 0.15) is 17.7 Å². The third-order valence-electron chi connectivity index (χ3n) is 3.09. The molecule has 0 aliphatic carbocycles. The third-order valence-corrected chi connectivity index (χ3v) is 3.09. The van der Waals surface area contributed by atoms with E-state index in [1.807, 2.05) is 0 Å². The zero-order chi connectivity index (χ0) is 16.1. The van der Waals surface area contributed by atoms with Crippen molar-refractivity contribution < 1.29 is 9.53 Å². The van der Waals surface area contributed by atoms with Crippen molar-refractivity contribution >= 4 is 11.6 Å². The minimum Gasteiger partial charge on any atom is -0.481 e. The van der Waals surface area contributed by atoms with Crippen LogP contribution in [-0.2, 0) is 11.2 Å². The number of aromatic amines is 2. The molecule has 0 radical (unpaired) electrons. The Morgan fingerprint density at radius 2 is 2.09 bits per heavy atom. The molecule has 3 N–H and O–H groups in total. The Balaban J connectivity index is 1.98. The van der Waals surface area contributed by atoms with Crippen LogP contribution in [0.3, 0.4) is 0 Å². The van der Waals surface area contributed by atoms with Crippen molar-refractivity contribution in [2.24, 2.45) is 0 Å². The smallest absolute Gasteiger partial charge is 0.325 e. The summed E-state index contributed by atoms with van der Waals surface area (Å²) < 4.78 is 4.92. The molecule has 0 spiro atoms. The van der Waals surface area contributed by atoms with E-state index in [2.05, 4.69) is 20.3 Å². The lowest BCUT2D eigenvalue weighted by molar-refractivity contribution is -0.116. The maximum atomic E-state index is 11.9. The van der Waals surface area contributed by atoms with Gasteiger partial charge in [-0.15, -0.1) is 0 Å². The van der Waals surface area contributed by atoms with Gasteiger partial charge in [-0.3, -0.25) is 14.6 Å². The van der Waals surface area contributed by atoms with Crippen molar-refractivity contribution in [3.8, 4) is 5.88 Å². The highest BCUT2D eigenvalue weighted by molar-refractivity contribution is 5.90. The topological polar surface area (TPSA) is 117 Å². The first-order chi connectivity index (χ1) is 10.5. The van der Waals surface area contributed by atoms with Gasteiger partial charge in [0.25, 0.3) is 5.56 Å². The zero-order valence-electron chi connectivity index (χ0n) is 12.2. The molecule has 0 saturated carbocycles. The Morgan fingerprint density at radius 1 is 1.32 bits per heavy atom. The number of H-pyrrole nitrogens is 2. The van der Waals surface area contributed by atoms with Crippen LogP contribution in [0.5, 0.6) is 5.88 Å². The van der Waals surface area contributed by atoms with E-state index < -0.39 is 11.2 Å². The standard InChI is InChI=1S/C14H16N4O4/c1-8-10(13(20)18-14(21)16-8)4-5-11(19)17-9-3-6-12(22-2)15-7-9/h3,6-7H,4-5H2,1-2H3,(H,17,19)(H2,16,18,20,21). The molecular weight excluding hydrogens is 288 g/mol. The second-order valence-corrected chi connectivity index (χ2v) is 4.65. The van der Waals surface area contributed by atoms with Gasteiger partial charge < -0.3 is 15.0 Å². The quantitative estimate of drug-likeness (QED) is 0.736. The minimum atomic E-state index is -0.556. The van der Waals surface area contributed by atoms with Gasteiger partial charge in [0.15, 0.2) is 0 Å². The number of carbonyl (C=O) groups is 1. The number of aryl methyl sites for hydroxylation is 1. The number of rotatable bonds is 5. The van der Waals surface area contributed by atoms with Gasteiger partial charge in [-0.1, -0.05) is 0 Å². The first kappa shape index (κ1) is 15.5. The number of hydrogen-bond acceptors (Lipinski definition) is 5. The van der Waals surface area contributed by atoms with E-state index in [1.165, 1.54) is 13.3 Å². The fourth-order valence-corrected chi connectivity index (χ4v) is 1.96. The molecule has 0 bridgehead atoms. The molecule has 116 valence electrons. The van der Waals surface area contributed by atoms with Crippen LogP contribution in [0.2, 0.25) is 0 Å². The molecule has 2 aromatic rings. The van der Waals surface area contributed by atoms with Gasteiger partial charge in [0, 0.05) is 23.7 Å². The van der Waals surface area contributed by atoms with E-state index >= 15 is 0 Å². The number of hydrogen-bond donors (Lipinski definition) is 3. The van der Waals surface area contributed by atoms with Crippen molar-refractivity contribution in [2.75, 3.05) is 12.4 Å². The molecule has 2 aromatic heterocycles. The molecule has 8 nitrogen and oxygen atoms in total. The van der Waals surface area contributed by atoms with Crippen molar-refractivity contribution in [1.29, 1.82) is 0 Å². The number of pyridine rings is 1. The van der Waals surface area contributed by atoms with Crippen LogP contribution in [0.15, 0.2) is 27.9 Å². The number of amides is 1. The molecule has 0 atom stereocenters. The molecule has 0 saturated heterocycles.